The van der Waals surface area contributed by atoms with Crippen LogP contribution in [0.4, 0.5) is 10.5 Å². The summed E-state index contributed by atoms with van der Waals surface area (Å²) in [5.74, 6) is -1.06. The second kappa shape index (κ2) is 6.35. The van der Waals surface area contributed by atoms with E-state index < -0.39 is 5.97 Å². The van der Waals surface area contributed by atoms with Crippen molar-refractivity contribution in [1.29, 1.82) is 0 Å². The van der Waals surface area contributed by atoms with Gasteiger partial charge in [0.25, 0.3) is 0 Å². The van der Waals surface area contributed by atoms with Crippen LogP contribution in [0.2, 0.25) is 5.02 Å². The molecule has 1 atom stereocenters. The molecule has 5 nitrogen and oxygen atoms in total. The Morgan fingerprint density at radius 2 is 1.90 bits per heavy atom. The minimum atomic E-state index is -1.06. The third-order valence-corrected chi connectivity index (χ3v) is 3.92. The van der Waals surface area contributed by atoms with Gasteiger partial charge < -0.3 is 15.3 Å². The molecule has 0 fully saturated rings. The third kappa shape index (κ3) is 4.36. The van der Waals surface area contributed by atoms with E-state index >= 15 is 0 Å². The molecule has 0 aliphatic carbocycles. The molecule has 0 bridgehead atoms. The van der Waals surface area contributed by atoms with Crippen molar-refractivity contribution in [3.63, 3.8) is 0 Å². The van der Waals surface area contributed by atoms with Crippen LogP contribution in [0.5, 0.6) is 0 Å². The fraction of sp³-hybridized carbons (Fsp3) is 0.467. The summed E-state index contributed by atoms with van der Waals surface area (Å²) in [5.41, 5.74) is 0.414. The fourth-order valence-electron chi connectivity index (χ4n) is 1.71. The number of hydrogen-bond acceptors (Lipinski definition) is 2. The first-order valence-electron chi connectivity index (χ1n) is 6.60. The number of rotatable bonds is 3. The quantitative estimate of drug-likeness (QED) is 0.888. The standard InChI is InChI=1S/C15H21ClN2O3/c1-9(15(2,3)4)18(5)14(21)17-12-7-6-10(13(19)20)8-11(12)16/h6-9H,1-5H3,(H,17,21)(H,19,20). The van der Waals surface area contributed by atoms with Gasteiger partial charge in [0.2, 0.25) is 0 Å². The van der Waals surface area contributed by atoms with Crippen LogP contribution in [-0.4, -0.2) is 35.1 Å². The van der Waals surface area contributed by atoms with Crippen molar-refractivity contribution in [1.82, 2.24) is 4.90 Å². The Morgan fingerprint density at radius 1 is 1.33 bits per heavy atom. The molecule has 1 unspecified atom stereocenters. The lowest BCUT2D eigenvalue weighted by molar-refractivity contribution is 0.0697. The summed E-state index contributed by atoms with van der Waals surface area (Å²) in [6.07, 6.45) is 0. The highest BCUT2D eigenvalue weighted by Gasteiger charge is 2.27. The minimum absolute atomic E-state index is 0.0227. The molecule has 0 spiro atoms. The first-order chi connectivity index (χ1) is 9.54. The molecule has 6 heteroatoms. The summed E-state index contributed by atoms with van der Waals surface area (Å²) in [7, 11) is 1.71. The van der Waals surface area contributed by atoms with Crippen LogP contribution in [0.1, 0.15) is 38.1 Å². The molecule has 0 saturated carbocycles. The molecular formula is C15H21ClN2O3. The van der Waals surface area contributed by atoms with E-state index in [9.17, 15) is 9.59 Å². The van der Waals surface area contributed by atoms with Gasteiger partial charge in [0.05, 0.1) is 16.3 Å². The van der Waals surface area contributed by atoms with E-state index in [1.807, 2.05) is 6.92 Å². The number of hydrogen-bond donors (Lipinski definition) is 2. The first kappa shape index (κ1) is 17.3. The van der Waals surface area contributed by atoms with Crippen LogP contribution in [0, 0.1) is 5.41 Å². The van der Waals surface area contributed by atoms with Crippen molar-refractivity contribution < 1.29 is 14.7 Å². The van der Waals surface area contributed by atoms with Crippen molar-refractivity contribution in [2.24, 2.45) is 5.41 Å². The second-order valence-corrected chi connectivity index (χ2v) is 6.49. The molecule has 1 aromatic carbocycles. The lowest BCUT2D eigenvalue weighted by Gasteiger charge is -2.35. The number of benzene rings is 1. The largest absolute Gasteiger partial charge is 0.478 e. The maximum atomic E-state index is 12.2. The van der Waals surface area contributed by atoms with Gasteiger partial charge in [0.15, 0.2) is 0 Å². The van der Waals surface area contributed by atoms with Gasteiger partial charge in [-0.15, -0.1) is 0 Å². The maximum absolute atomic E-state index is 12.2. The summed E-state index contributed by atoms with van der Waals surface area (Å²) in [6, 6.07) is 3.93. The number of carboxylic acid groups (broad SMARTS) is 1. The molecule has 0 heterocycles. The normalized spacial score (nSPS) is 12.7. The average Bonchev–Trinajstić information content (AvgIpc) is 2.37. The van der Waals surface area contributed by atoms with Gasteiger partial charge in [-0.05, 0) is 30.5 Å². The number of carbonyl (C=O) groups excluding carboxylic acids is 1. The molecule has 0 aliphatic rings. The molecule has 0 saturated heterocycles. The van der Waals surface area contributed by atoms with Gasteiger partial charge in [-0.3, -0.25) is 0 Å². The number of carbonyl (C=O) groups is 2. The van der Waals surface area contributed by atoms with Crippen molar-refractivity contribution in [3.05, 3.63) is 28.8 Å². The lowest BCUT2D eigenvalue weighted by atomic mass is 9.87. The number of amides is 2. The van der Waals surface area contributed by atoms with E-state index in [0.717, 1.165) is 0 Å². The SMILES string of the molecule is CC(N(C)C(=O)Nc1ccc(C(=O)O)cc1Cl)C(C)(C)C. The van der Waals surface area contributed by atoms with E-state index in [-0.39, 0.29) is 28.1 Å². The number of nitrogens with zero attached hydrogens (tertiary/aromatic N) is 1. The topological polar surface area (TPSA) is 69.6 Å². The number of anilines is 1. The van der Waals surface area contributed by atoms with Gasteiger partial charge >= 0.3 is 12.0 Å². The van der Waals surface area contributed by atoms with E-state index in [2.05, 4.69) is 26.1 Å². The predicted octanol–water partition coefficient (Wildman–Crippen LogP) is 3.94. The Hall–Kier alpha value is -1.75. The Balaban J connectivity index is 2.87. The smallest absolute Gasteiger partial charge is 0.335 e. The van der Waals surface area contributed by atoms with Gasteiger partial charge in [-0.2, -0.15) is 0 Å². The number of aromatic carboxylic acids is 1. The molecule has 1 rings (SSSR count). The van der Waals surface area contributed by atoms with Crippen molar-refractivity contribution in [2.45, 2.75) is 33.7 Å². The highest BCUT2D eigenvalue weighted by molar-refractivity contribution is 6.34. The molecule has 0 aliphatic heterocycles. The molecular weight excluding hydrogens is 292 g/mol. The van der Waals surface area contributed by atoms with Crippen LogP contribution in [0.25, 0.3) is 0 Å². The summed E-state index contributed by atoms with van der Waals surface area (Å²) in [4.78, 5) is 24.7. The molecule has 116 valence electrons. The summed E-state index contributed by atoms with van der Waals surface area (Å²) in [6.45, 7) is 8.12. The Morgan fingerprint density at radius 3 is 2.33 bits per heavy atom. The van der Waals surface area contributed by atoms with Gasteiger partial charge in [0.1, 0.15) is 0 Å². The van der Waals surface area contributed by atoms with Gasteiger partial charge in [-0.1, -0.05) is 32.4 Å². The van der Waals surface area contributed by atoms with Crippen molar-refractivity contribution in [2.75, 3.05) is 12.4 Å². The highest BCUT2D eigenvalue weighted by atomic mass is 35.5. The number of nitrogens with one attached hydrogen (secondary N) is 1. The highest BCUT2D eigenvalue weighted by Crippen LogP contribution is 2.26. The van der Waals surface area contributed by atoms with Crippen LogP contribution in [0.15, 0.2) is 18.2 Å². The summed E-state index contributed by atoms with van der Waals surface area (Å²) >= 11 is 6.00. The zero-order valence-electron chi connectivity index (χ0n) is 12.9. The van der Waals surface area contributed by atoms with Crippen molar-refractivity contribution >= 4 is 29.3 Å². The number of urea groups is 1. The van der Waals surface area contributed by atoms with E-state index in [1.165, 1.54) is 18.2 Å². The first-order valence-corrected chi connectivity index (χ1v) is 6.98. The molecule has 2 amide bonds. The van der Waals surface area contributed by atoms with Gasteiger partial charge in [-0.25, -0.2) is 9.59 Å². The second-order valence-electron chi connectivity index (χ2n) is 6.08. The molecule has 0 aromatic heterocycles. The van der Waals surface area contributed by atoms with Crippen LogP contribution in [0.3, 0.4) is 0 Å². The summed E-state index contributed by atoms with van der Waals surface area (Å²) in [5, 5.41) is 11.8. The maximum Gasteiger partial charge on any atom is 0.335 e. The minimum Gasteiger partial charge on any atom is -0.478 e. The zero-order valence-corrected chi connectivity index (χ0v) is 13.7. The summed E-state index contributed by atoms with van der Waals surface area (Å²) < 4.78 is 0. The van der Waals surface area contributed by atoms with Crippen LogP contribution < -0.4 is 5.32 Å². The van der Waals surface area contributed by atoms with E-state index in [4.69, 9.17) is 16.7 Å². The monoisotopic (exact) mass is 312 g/mol. The Labute approximate surface area is 129 Å². The van der Waals surface area contributed by atoms with Crippen molar-refractivity contribution in [3.8, 4) is 0 Å². The predicted molar refractivity (Wildman–Crippen MR) is 84.1 cm³/mol. The third-order valence-electron chi connectivity index (χ3n) is 3.61. The van der Waals surface area contributed by atoms with Crippen LogP contribution >= 0.6 is 11.6 Å². The van der Waals surface area contributed by atoms with Gasteiger partial charge in [0, 0.05) is 13.1 Å². The fourth-order valence-corrected chi connectivity index (χ4v) is 1.94. The zero-order chi connectivity index (χ0) is 16.4. The average molecular weight is 313 g/mol. The Kier molecular flexibility index (Phi) is 5.23. The van der Waals surface area contributed by atoms with E-state index in [1.54, 1.807) is 11.9 Å². The molecule has 21 heavy (non-hydrogen) atoms. The molecule has 1 aromatic rings. The number of carboxylic acids is 1. The van der Waals surface area contributed by atoms with E-state index in [0.29, 0.717) is 5.69 Å². The molecule has 2 N–H and O–H groups in total. The lowest BCUT2D eigenvalue weighted by Crippen LogP contribution is -2.44. The Bertz CT molecular complexity index is 552. The number of halogens is 1. The molecule has 0 radical (unpaired) electrons. The van der Waals surface area contributed by atoms with Crippen LogP contribution in [-0.2, 0) is 0 Å².